The maximum absolute atomic E-state index is 4.92. The molecular formula is C39H33N. The minimum absolute atomic E-state index is 0.544. The molecule has 0 spiro atoms. The lowest BCUT2D eigenvalue weighted by Crippen LogP contribution is -1.91. The molecule has 1 aliphatic carbocycles. The Kier molecular flexibility index (Phi) is 6.28. The Hall–Kier alpha value is -4.49. The molecule has 0 bridgehead atoms. The molecule has 194 valence electrons. The van der Waals surface area contributed by atoms with Gasteiger partial charge in [-0.05, 0) is 92.6 Å². The Morgan fingerprint density at radius 3 is 1.65 bits per heavy atom. The van der Waals surface area contributed by atoms with Gasteiger partial charge in [0, 0.05) is 5.71 Å². The molecule has 6 aromatic rings. The number of para-hydroxylation sites is 1. The SMILES string of the molecule is CCC(C)=Nc1ccccc1C1CC1c1ccc(-c2c3ccccc3c(-c3ccccc3)c3ccccc23)cc1. The van der Waals surface area contributed by atoms with Gasteiger partial charge in [-0.25, -0.2) is 0 Å². The zero-order valence-electron chi connectivity index (χ0n) is 23.1. The Balaban J connectivity index is 1.30. The van der Waals surface area contributed by atoms with Crippen LogP contribution < -0.4 is 0 Å². The number of fused-ring (bicyclic) bond motifs is 2. The van der Waals surface area contributed by atoms with Gasteiger partial charge in [-0.3, -0.25) is 4.99 Å². The highest BCUT2D eigenvalue weighted by molar-refractivity contribution is 6.21. The lowest BCUT2D eigenvalue weighted by atomic mass is 9.86. The predicted octanol–water partition coefficient (Wildman–Crippen LogP) is 11.1. The standard InChI is InChI=1S/C39H33N/c1-3-26(2)40-37-20-12-11-15-30(37)36-25-35(36)27-21-23-29(24-22-27)39-33-18-9-7-16-31(33)38(28-13-5-4-6-14-28)32-17-8-10-19-34(32)39/h4-24,35-36H,3,25H2,1-2H3. The summed E-state index contributed by atoms with van der Waals surface area (Å²) in [4.78, 5) is 4.92. The fourth-order valence-corrected chi connectivity index (χ4v) is 6.35. The zero-order chi connectivity index (χ0) is 27.1. The van der Waals surface area contributed by atoms with E-state index >= 15 is 0 Å². The quantitative estimate of drug-likeness (QED) is 0.154. The Morgan fingerprint density at radius 1 is 0.575 bits per heavy atom. The maximum atomic E-state index is 4.92. The van der Waals surface area contributed by atoms with Gasteiger partial charge in [-0.2, -0.15) is 0 Å². The van der Waals surface area contributed by atoms with E-state index in [9.17, 15) is 0 Å². The van der Waals surface area contributed by atoms with Gasteiger partial charge in [0.05, 0.1) is 5.69 Å². The highest BCUT2D eigenvalue weighted by Gasteiger charge is 2.40. The van der Waals surface area contributed by atoms with Crippen LogP contribution in [-0.4, -0.2) is 5.71 Å². The van der Waals surface area contributed by atoms with Gasteiger partial charge < -0.3 is 0 Å². The van der Waals surface area contributed by atoms with Crippen LogP contribution in [-0.2, 0) is 0 Å². The fraction of sp³-hybridized carbons (Fsp3) is 0.154. The molecule has 1 fully saturated rings. The molecule has 0 N–H and O–H groups in total. The Bertz CT molecular complexity index is 1800. The summed E-state index contributed by atoms with van der Waals surface area (Å²) in [6.45, 7) is 4.30. The molecule has 0 saturated heterocycles. The van der Waals surface area contributed by atoms with Crippen LogP contribution in [0.15, 0.2) is 132 Å². The van der Waals surface area contributed by atoms with Crippen molar-refractivity contribution in [2.24, 2.45) is 4.99 Å². The normalized spacial score (nSPS) is 16.9. The molecule has 6 aromatic carbocycles. The van der Waals surface area contributed by atoms with Crippen molar-refractivity contribution >= 4 is 32.9 Å². The molecule has 0 heterocycles. The average Bonchev–Trinajstić information content (AvgIpc) is 3.81. The summed E-state index contributed by atoms with van der Waals surface area (Å²) in [5.74, 6) is 1.10. The van der Waals surface area contributed by atoms with Crippen LogP contribution in [0.2, 0.25) is 0 Å². The molecule has 0 aromatic heterocycles. The van der Waals surface area contributed by atoms with Gasteiger partial charge in [-0.15, -0.1) is 0 Å². The second-order valence-corrected chi connectivity index (χ2v) is 11.0. The van der Waals surface area contributed by atoms with Gasteiger partial charge >= 0.3 is 0 Å². The van der Waals surface area contributed by atoms with Gasteiger partial charge in [0.1, 0.15) is 0 Å². The lowest BCUT2D eigenvalue weighted by molar-refractivity contribution is 1.02. The lowest BCUT2D eigenvalue weighted by Gasteiger charge is -2.18. The van der Waals surface area contributed by atoms with E-state index in [2.05, 4.69) is 141 Å². The summed E-state index contributed by atoms with van der Waals surface area (Å²) in [5.41, 5.74) is 10.3. The van der Waals surface area contributed by atoms with E-state index in [1.165, 1.54) is 67.1 Å². The largest absolute Gasteiger partial charge is 0.258 e. The highest BCUT2D eigenvalue weighted by atomic mass is 14.8. The first kappa shape index (κ1) is 24.5. The Labute approximate surface area is 236 Å². The van der Waals surface area contributed by atoms with Gasteiger partial charge in [-0.1, -0.05) is 128 Å². The Morgan fingerprint density at radius 2 is 1.07 bits per heavy atom. The van der Waals surface area contributed by atoms with E-state index in [0.717, 1.165) is 12.1 Å². The molecular weight excluding hydrogens is 482 g/mol. The number of benzene rings is 6. The van der Waals surface area contributed by atoms with Crippen molar-refractivity contribution in [1.82, 2.24) is 0 Å². The minimum atomic E-state index is 0.544. The van der Waals surface area contributed by atoms with Crippen LogP contribution in [0, 0.1) is 0 Å². The molecule has 0 amide bonds. The molecule has 1 heteroatoms. The monoisotopic (exact) mass is 515 g/mol. The molecule has 2 unspecified atom stereocenters. The number of nitrogens with zero attached hydrogens (tertiary/aromatic N) is 1. The van der Waals surface area contributed by atoms with Crippen LogP contribution in [0.3, 0.4) is 0 Å². The molecule has 1 saturated carbocycles. The first-order chi connectivity index (χ1) is 19.7. The maximum Gasteiger partial charge on any atom is 0.0663 e. The zero-order valence-corrected chi connectivity index (χ0v) is 23.1. The van der Waals surface area contributed by atoms with Crippen molar-refractivity contribution in [2.75, 3.05) is 0 Å². The van der Waals surface area contributed by atoms with Crippen LogP contribution in [0.4, 0.5) is 5.69 Å². The van der Waals surface area contributed by atoms with Crippen LogP contribution >= 0.6 is 0 Å². The van der Waals surface area contributed by atoms with Crippen molar-refractivity contribution in [3.63, 3.8) is 0 Å². The van der Waals surface area contributed by atoms with E-state index in [1.807, 2.05) is 0 Å². The third kappa shape index (κ3) is 4.32. The molecule has 40 heavy (non-hydrogen) atoms. The average molecular weight is 516 g/mol. The predicted molar refractivity (Wildman–Crippen MR) is 172 cm³/mol. The summed E-state index contributed by atoms with van der Waals surface area (Å²) < 4.78 is 0. The molecule has 0 aliphatic heterocycles. The second-order valence-electron chi connectivity index (χ2n) is 11.0. The number of hydrogen-bond donors (Lipinski definition) is 0. The summed E-state index contributed by atoms with van der Waals surface area (Å²) >= 11 is 0. The summed E-state index contributed by atoms with van der Waals surface area (Å²) in [6.07, 6.45) is 2.17. The van der Waals surface area contributed by atoms with Crippen LogP contribution in [0.25, 0.3) is 43.8 Å². The van der Waals surface area contributed by atoms with Crippen molar-refractivity contribution in [3.8, 4) is 22.3 Å². The highest BCUT2D eigenvalue weighted by Crippen LogP contribution is 2.57. The minimum Gasteiger partial charge on any atom is -0.258 e. The summed E-state index contributed by atoms with van der Waals surface area (Å²) in [6, 6.07) is 46.7. The third-order valence-electron chi connectivity index (χ3n) is 8.57. The summed E-state index contributed by atoms with van der Waals surface area (Å²) in [7, 11) is 0. The first-order valence-corrected chi connectivity index (χ1v) is 14.4. The van der Waals surface area contributed by atoms with Crippen molar-refractivity contribution in [1.29, 1.82) is 0 Å². The van der Waals surface area contributed by atoms with Crippen molar-refractivity contribution in [2.45, 2.75) is 38.5 Å². The molecule has 2 atom stereocenters. The topological polar surface area (TPSA) is 12.4 Å². The van der Waals surface area contributed by atoms with E-state index in [-0.39, 0.29) is 0 Å². The number of rotatable bonds is 6. The van der Waals surface area contributed by atoms with Gasteiger partial charge in [0.15, 0.2) is 0 Å². The molecule has 0 radical (unpaired) electrons. The van der Waals surface area contributed by atoms with E-state index < -0.39 is 0 Å². The van der Waals surface area contributed by atoms with Crippen molar-refractivity contribution < 1.29 is 0 Å². The van der Waals surface area contributed by atoms with Crippen molar-refractivity contribution in [3.05, 3.63) is 139 Å². The second kappa shape index (κ2) is 10.2. The van der Waals surface area contributed by atoms with E-state index in [0.29, 0.717) is 11.8 Å². The third-order valence-corrected chi connectivity index (χ3v) is 8.57. The number of aliphatic imine (C=N–C) groups is 1. The van der Waals surface area contributed by atoms with E-state index in [1.54, 1.807) is 0 Å². The summed E-state index contributed by atoms with van der Waals surface area (Å²) in [5, 5.41) is 5.20. The van der Waals surface area contributed by atoms with Gasteiger partial charge in [0.2, 0.25) is 0 Å². The fourth-order valence-electron chi connectivity index (χ4n) is 6.35. The van der Waals surface area contributed by atoms with Crippen LogP contribution in [0.1, 0.15) is 49.7 Å². The number of hydrogen-bond acceptors (Lipinski definition) is 1. The van der Waals surface area contributed by atoms with Gasteiger partial charge in [0.25, 0.3) is 0 Å². The van der Waals surface area contributed by atoms with E-state index in [4.69, 9.17) is 4.99 Å². The molecule has 7 rings (SSSR count). The first-order valence-electron chi connectivity index (χ1n) is 14.4. The molecule has 1 nitrogen and oxygen atoms in total. The molecule has 1 aliphatic rings. The van der Waals surface area contributed by atoms with Crippen LogP contribution in [0.5, 0.6) is 0 Å². The smallest absolute Gasteiger partial charge is 0.0663 e.